The molecule has 0 aliphatic rings. The van der Waals surface area contributed by atoms with E-state index in [1.807, 2.05) is 14.1 Å². The summed E-state index contributed by atoms with van der Waals surface area (Å²) in [5, 5.41) is 2.75. The number of benzene rings is 1. The van der Waals surface area contributed by atoms with E-state index in [1.54, 1.807) is 12.1 Å². The lowest BCUT2D eigenvalue weighted by Crippen LogP contribution is -1.89. The van der Waals surface area contributed by atoms with Gasteiger partial charge in [0.15, 0.2) is 0 Å². The Hall–Kier alpha value is -0.540. The summed E-state index contributed by atoms with van der Waals surface area (Å²) in [6.45, 7) is 0. The molecule has 62 valence electrons. The molecule has 1 aromatic carbocycles. The third-order valence-corrected chi connectivity index (χ3v) is 1.12. The van der Waals surface area contributed by atoms with E-state index in [0.717, 1.165) is 4.90 Å². The minimum absolute atomic E-state index is 0.220. The van der Waals surface area contributed by atoms with Crippen molar-refractivity contribution in [1.29, 1.82) is 0 Å². The lowest BCUT2D eigenvalue weighted by Gasteiger charge is -1.86. The minimum atomic E-state index is -0.220. The van der Waals surface area contributed by atoms with Crippen molar-refractivity contribution < 1.29 is 4.39 Å². The van der Waals surface area contributed by atoms with Crippen LogP contribution in [0.4, 0.5) is 4.39 Å². The van der Waals surface area contributed by atoms with Gasteiger partial charge in [-0.3, -0.25) is 0 Å². The summed E-state index contributed by atoms with van der Waals surface area (Å²) in [6.07, 6.45) is 0. The first-order valence-electron chi connectivity index (χ1n) is 3.23. The van der Waals surface area contributed by atoms with Crippen molar-refractivity contribution in [1.82, 2.24) is 5.32 Å². The van der Waals surface area contributed by atoms with Gasteiger partial charge in [0.25, 0.3) is 0 Å². The molecule has 0 atom stereocenters. The van der Waals surface area contributed by atoms with Crippen LogP contribution in [0.1, 0.15) is 0 Å². The van der Waals surface area contributed by atoms with Crippen molar-refractivity contribution in [3.05, 3.63) is 30.1 Å². The summed E-state index contributed by atoms with van der Waals surface area (Å²) in [6, 6.07) is 5.97. The van der Waals surface area contributed by atoms with Crippen LogP contribution in [0.15, 0.2) is 29.2 Å². The highest BCUT2D eigenvalue weighted by molar-refractivity contribution is 7.80. The van der Waals surface area contributed by atoms with E-state index in [4.69, 9.17) is 0 Å². The lowest BCUT2D eigenvalue weighted by molar-refractivity contribution is 0.626. The molecule has 0 spiro atoms. The van der Waals surface area contributed by atoms with Crippen molar-refractivity contribution >= 4 is 12.6 Å². The average Bonchev–Trinajstić information content (AvgIpc) is 1.97. The van der Waals surface area contributed by atoms with E-state index < -0.39 is 0 Å². The van der Waals surface area contributed by atoms with Crippen LogP contribution < -0.4 is 5.32 Å². The smallest absolute Gasteiger partial charge is 0.123 e. The maximum Gasteiger partial charge on any atom is 0.123 e. The van der Waals surface area contributed by atoms with Crippen LogP contribution >= 0.6 is 12.6 Å². The lowest BCUT2D eigenvalue weighted by atomic mass is 10.4. The van der Waals surface area contributed by atoms with Crippen LogP contribution in [-0.4, -0.2) is 14.1 Å². The van der Waals surface area contributed by atoms with Crippen molar-refractivity contribution in [2.75, 3.05) is 14.1 Å². The highest BCUT2D eigenvalue weighted by atomic mass is 32.1. The van der Waals surface area contributed by atoms with E-state index in [9.17, 15) is 4.39 Å². The molecule has 11 heavy (non-hydrogen) atoms. The summed E-state index contributed by atoms with van der Waals surface area (Å²) < 4.78 is 12.1. The molecule has 0 bridgehead atoms. The number of rotatable bonds is 0. The van der Waals surface area contributed by atoms with Gasteiger partial charge in [-0.1, -0.05) is 0 Å². The maximum atomic E-state index is 12.1. The van der Waals surface area contributed by atoms with Crippen LogP contribution in [-0.2, 0) is 0 Å². The Morgan fingerprint density at radius 3 is 1.82 bits per heavy atom. The average molecular weight is 173 g/mol. The van der Waals surface area contributed by atoms with Gasteiger partial charge in [0.1, 0.15) is 5.82 Å². The van der Waals surface area contributed by atoms with Crippen LogP contribution in [0.2, 0.25) is 0 Å². The highest BCUT2D eigenvalue weighted by Crippen LogP contribution is 2.04. The molecule has 0 heterocycles. The van der Waals surface area contributed by atoms with Gasteiger partial charge in [0, 0.05) is 4.90 Å². The van der Waals surface area contributed by atoms with Gasteiger partial charge in [0.2, 0.25) is 0 Å². The molecule has 1 aromatic rings. The zero-order valence-electron chi connectivity index (χ0n) is 6.63. The molecule has 0 aliphatic carbocycles. The Morgan fingerprint density at radius 2 is 1.55 bits per heavy atom. The Balaban J connectivity index is 0.000000292. The fraction of sp³-hybridized carbons (Fsp3) is 0.250. The Bertz CT molecular complexity index is 165. The van der Waals surface area contributed by atoms with Crippen LogP contribution in [0, 0.1) is 5.82 Å². The molecule has 1 rings (SSSR count). The van der Waals surface area contributed by atoms with E-state index in [2.05, 4.69) is 17.9 Å². The highest BCUT2D eigenvalue weighted by Gasteiger charge is 1.84. The molecule has 1 nitrogen and oxygen atoms in total. The summed E-state index contributed by atoms with van der Waals surface area (Å²) in [5.41, 5.74) is 0. The largest absolute Gasteiger partial charge is 0.323 e. The summed E-state index contributed by atoms with van der Waals surface area (Å²) in [4.78, 5) is 0.784. The molecule has 0 fully saturated rings. The van der Waals surface area contributed by atoms with E-state index in [-0.39, 0.29) is 5.82 Å². The molecule has 0 aliphatic heterocycles. The van der Waals surface area contributed by atoms with Gasteiger partial charge < -0.3 is 5.32 Å². The molecule has 0 amide bonds. The SMILES string of the molecule is CNC.Fc1ccc(S)cc1. The van der Waals surface area contributed by atoms with Gasteiger partial charge >= 0.3 is 0 Å². The van der Waals surface area contributed by atoms with Crippen LogP contribution in [0.25, 0.3) is 0 Å². The quantitative estimate of drug-likeness (QED) is 0.571. The first kappa shape index (κ1) is 10.5. The number of nitrogens with one attached hydrogen (secondary N) is 1. The monoisotopic (exact) mass is 173 g/mol. The van der Waals surface area contributed by atoms with Crippen LogP contribution in [0.5, 0.6) is 0 Å². The number of hydrogen-bond acceptors (Lipinski definition) is 2. The second-order valence-corrected chi connectivity index (χ2v) is 2.49. The van der Waals surface area contributed by atoms with Crippen molar-refractivity contribution in [2.45, 2.75) is 4.90 Å². The first-order chi connectivity index (χ1) is 5.20. The van der Waals surface area contributed by atoms with Crippen LogP contribution in [0.3, 0.4) is 0 Å². The van der Waals surface area contributed by atoms with Gasteiger partial charge in [-0.2, -0.15) is 0 Å². The second kappa shape index (κ2) is 6.19. The molecular formula is C8H12FNS. The first-order valence-corrected chi connectivity index (χ1v) is 3.68. The molecule has 0 radical (unpaired) electrons. The Morgan fingerprint density at radius 1 is 1.18 bits per heavy atom. The van der Waals surface area contributed by atoms with E-state index in [1.165, 1.54) is 12.1 Å². The standard InChI is InChI=1S/C6H5FS.C2H7N/c7-5-1-3-6(8)4-2-5;1-3-2/h1-4,8H;3H,1-2H3. The molecule has 0 saturated heterocycles. The maximum absolute atomic E-state index is 12.1. The van der Waals surface area contributed by atoms with Crippen molar-refractivity contribution in [3.63, 3.8) is 0 Å². The zero-order valence-corrected chi connectivity index (χ0v) is 7.53. The number of hydrogen-bond donors (Lipinski definition) is 2. The molecule has 0 saturated carbocycles. The second-order valence-electron chi connectivity index (χ2n) is 1.98. The zero-order chi connectivity index (χ0) is 8.69. The molecule has 0 unspecified atom stereocenters. The summed E-state index contributed by atoms with van der Waals surface area (Å²) in [7, 11) is 3.75. The van der Waals surface area contributed by atoms with Gasteiger partial charge in [-0.05, 0) is 38.4 Å². The predicted octanol–water partition coefficient (Wildman–Crippen LogP) is 1.95. The molecule has 1 N–H and O–H groups in total. The molecule has 0 aromatic heterocycles. The third-order valence-electron chi connectivity index (χ3n) is 0.827. The number of thiol groups is 1. The third kappa shape index (κ3) is 5.88. The fourth-order valence-electron chi connectivity index (χ4n) is 0.441. The van der Waals surface area contributed by atoms with Gasteiger partial charge in [0.05, 0.1) is 0 Å². The van der Waals surface area contributed by atoms with E-state index >= 15 is 0 Å². The Labute approximate surface area is 72.0 Å². The van der Waals surface area contributed by atoms with Gasteiger partial charge in [-0.25, -0.2) is 4.39 Å². The summed E-state index contributed by atoms with van der Waals surface area (Å²) in [5.74, 6) is -0.220. The molecule has 3 heteroatoms. The topological polar surface area (TPSA) is 12.0 Å². The summed E-state index contributed by atoms with van der Waals surface area (Å²) >= 11 is 3.97. The Kier molecular flexibility index (Phi) is 5.88. The molecular weight excluding hydrogens is 161 g/mol. The predicted molar refractivity (Wildman–Crippen MR) is 48.6 cm³/mol. The van der Waals surface area contributed by atoms with Crippen molar-refractivity contribution in [2.24, 2.45) is 0 Å². The fourth-order valence-corrected chi connectivity index (χ4v) is 0.590. The number of halogens is 1. The minimum Gasteiger partial charge on any atom is -0.323 e. The van der Waals surface area contributed by atoms with Gasteiger partial charge in [-0.15, -0.1) is 12.6 Å². The normalized spacial score (nSPS) is 8.36. The van der Waals surface area contributed by atoms with E-state index in [0.29, 0.717) is 0 Å². The van der Waals surface area contributed by atoms with Crippen molar-refractivity contribution in [3.8, 4) is 0 Å².